The lowest BCUT2D eigenvalue weighted by atomic mass is 9.98. The number of benzene rings is 3. The van der Waals surface area contributed by atoms with Crippen molar-refractivity contribution in [2.45, 2.75) is 71.0 Å². The number of hydrogen-bond acceptors (Lipinski definition) is 10. The maximum Gasteiger partial charge on any atom is 0.325 e. The first-order valence-corrected chi connectivity index (χ1v) is 18.6. The molecule has 294 valence electrons. The second-order valence-electron chi connectivity index (χ2n) is 14.6. The molecule has 7 amide bonds. The molecule has 7 N–H and O–H groups in total. The summed E-state index contributed by atoms with van der Waals surface area (Å²) in [6.45, 7) is 6.77. The van der Waals surface area contributed by atoms with Gasteiger partial charge in [-0.3, -0.25) is 39.6 Å². The van der Waals surface area contributed by atoms with E-state index < -0.39 is 18.0 Å². The third-order valence-electron chi connectivity index (χ3n) is 10.4. The Labute approximate surface area is 323 Å². The van der Waals surface area contributed by atoms with Crippen molar-refractivity contribution in [1.82, 2.24) is 20.0 Å². The number of rotatable bonds is 11. The van der Waals surface area contributed by atoms with Crippen LogP contribution in [0, 0.1) is 5.41 Å². The number of piperidine rings is 1. The summed E-state index contributed by atoms with van der Waals surface area (Å²) < 4.78 is 0. The summed E-state index contributed by atoms with van der Waals surface area (Å²) >= 11 is 0. The Balaban J connectivity index is 0.954. The molecular weight excluding hydrogens is 720 g/mol. The van der Waals surface area contributed by atoms with E-state index >= 15 is 0 Å². The number of phenolic OH excluding ortho intramolecular Hbond substituents is 2. The predicted molar refractivity (Wildman–Crippen MR) is 206 cm³/mol. The molecule has 16 nitrogen and oxygen atoms in total. The highest BCUT2D eigenvalue weighted by Crippen LogP contribution is 2.34. The average molecular weight is 767 g/mol. The molecule has 0 bridgehead atoms. The number of nitrogens with one attached hydrogen (secondary N) is 3. The molecule has 1 atom stereocenters. The Bertz CT molecular complexity index is 2080. The van der Waals surface area contributed by atoms with Gasteiger partial charge < -0.3 is 31.1 Å². The number of amides is 7. The van der Waals surface area contributed by atoms with E-state index in [4.69, 9.17) is 11.1 Å². The summed E-state index contributed by atoms with van der Waals surface area (Å²) in [6, 6.07) is 13.0. The Morgan fingerprint density at radius 2 is 1.70 bits per heavy atom. The molecule has 56 heavy (non-hydrogen) atoms. The van der Waals surface area contributed by atoms with Crippen LogP contribution in [0.5, 0.6) is 11.5 Å². The number of piperazine rings is 1. The summed E-state index contributed by atoms with van der Waals surface area (Å²) in [5.41, 5.74) is 9.02. The van der Waals surface area contributed by atoms with Gasteiger partial charge in [0.25, 0.3) is 5.91 Å². The summed E-state index contributed by atoms with van der Waals surface area (Å²) in [5, 5.41) is 34.5. The number of imide groups is 1. The molecule has 1 unspecified atom stereocenters. The third kappa shape index (κ3) is 8.49. The molecule has 0 aliphatic carbocycles. The fourth-order valence-corrected chi connectivity index (χ4v) is 7.37. The molecule has 3 aromatic carbocycles. The average Bonchev–Trinajstić information content (AvgIpc) is 3.48. The molecule has 3 aromatic rings. The first-order chi connectivity index (χ1) is 26.7. The van der Waals surface area contributed by atoms with Gasteiger partial charge in [0.1, 0.15) is 23.4 Å². The fourth-order valence-electron chi connectivity index (χ4n) is 7.37. The van der Waals surface area contributed by atoms with Crippen molar-refractivity contribution in [3.05, 3.63) is 82.4 Å². The van der Waals surface area contributed by atoms with E-state index in [1.54, 1.807) is 35.2 Å². The van der Waals surface area contributed by atoms with Crippen LogP contribution in [0.1, 0.15) is 84.5 Å². The topological polar surface area (TPSA) is 230 Å². The second-order valence-corrected chi connectivity index (χ2v) is 14.6. The number of hydrogen-bond donors (Lipinski definition) is 6. The van der Waals surface area contributed by atoms with Crippen molar-refractivity contribution < 1.29 is 39.0 Å². The molecule has 2 fully saturated rings. The molecule has 0 saturated carbocycles. The smallest absolute Gasteiger partial charge is 0.325 e. The maximum absolute atomic E-state index is 13.1. The number of primary amides is 1. The van der Waals surface area contributed by atoms with Crippen molar-refractivity contribution >= 4 is 52.8 Å². The van der Waals surface area contributed by atoms with Gasteiger partial charge >= 0.3 is 6.03 Å². The highest BCUT2D eigenvalue weighted by Gasteiger charge is 2.40. The van der Waals surface area contributed by atoms with Crippen LogP contribution in [-0.4, -0.2) is 98.5 Å². The number of aromatic hydroxyl groups is 2. The number of fused-ring (bicyclic) bond motifs is 1. The van der Waals surface area contributed by atoms with Crippen LogP contribution in [0.3, 0.4) is 0 Å². The van der Waals surface area contributed by atoms with E-state index in [1.807, 2.05) is 26.0 Å². The fraction of sp³-hybridized carbons (Fsp3) is 0.375. The maximum atomic E-state index is 13.1. The van der Waals surface area contributed by atoms with Crippen LogP contribution < -0.4 is 21.3 Å². The zero-order chi connectivity index (χ0) is 40.3. The minimum absolute atomic E-state index is 0.0398. The zero-order valence-corrected chi connectivity index (χ0v) is 31.3. The van der Waals surface area contributed by atoms with Crippen molar-refractivity contribution in [2.75, 3.05) is 36.4 Å². The summed E-state index contributed by atoms with van der Waals surface area (Å²) in [5.74, 6) is -2.40. The third-order valence-corrected chi connectivity index (χ3v) is 10.4. The standard InChI is InChI=1S/C40H46N8O8/c1-23(2)27-19-28(33(50)20-32(27)49)37(41)48(40(42)56)25-11-9-24(10-12-25)21-45-15-17-46(18-16-45)36(53)8-4-7-34(51)43-30-6-3-5-26-29(30)22-47(39(26)55)31-13-14-35(52)44-38(31)54/h3,5-6,9-12,19-20,23,31,41,49-50H,4,7-8,13-18,21-22H2,1-2H3,(H2,42,56)(H,43,51)(H,44,52,54). The van der Waals surface area contributed by atoms with E-state index in [0.717, 1.165) is 16.5 Å². The first-order valence-electron chi connectivity index (χ1n) is 18.6. The van der Waals surface area contributed by atoms with Gasteiger partial charge in [-0.05, 0) is 60.2 Å². The number of nitrogens with two attached hydrogens (primary N) is 1. The van der Waals surface area contributed by atoms with E-state index in [2.05, 4.69) is 15.5 Å². The van der Waals surface area contributed by atoms with E-state index in [9.17, 15) is 39.0 Å². The lowest BCUT2D eigenvalue weighted by molar-refractivity contribution is -0.137. The summed E-state index contributed by atoms with van der Waals surface area (Å²) in [6.07, 6.45) is 1.05. The van der Waals surface area contributed by atoms with Gasteiger partial charge in [-0.2, -0.15) is 0 Å². The number of phenols is 2. The minimum atomic E-state index is -0.903. The first kappa shape index (κ1) is 39.4. The van der Waals surface area contributed by atoms with Gasteiger partial charge in [0.15, 0.2) is 0 Å². The van der Waals surface area contributed by atoms with Crippen LogP contribution >= 0.6 is 0 Å². The van der Waals surface area contributed by atoms with Crippen molar-refractivity contribution in [3.8, 4) is 11.5 Å². The number of urea groups is 1. The number of nitrogens with zero attached hydrogens (tertiary/aromatic N) is 4. The van der Waals surface area contributed by atoms with Crippen molar-refractivity contribution in [1.29, 1.82) is 5.41 Å². The highest BCUT2D eigenvalue weighted by atomic mass is 16.3. The van der Waals surface area contributed by atoms with Crippen LogP contribution in [0.4, 0.5) is 16.2 Å². The van der Waals surface area contributed by atoms with Gasteiger partial charge in [-0.25, -0.2) is 9.69 Å². The molecule has 3 aliphatic heterocycles. The number of carbonyl (C=O) groups is 6. The van der Waals surface area contributed by atoms with Crippen molar-refractivity contribution in [2.24, 2.45) is 5.73 Å². The molecule has 3 heterocycles. The molecule has 16 heteroatoms. The van der Waals surface area contributed by atoms with Crippen LogP contribution in [0.25, 0.3) is 0 Å². The summed E-state index contributed by atoms with van der Waals surface area (Å²) in [7, 11) is 0. The van der Waals surface area contributed by atoms with E-state index in [0.29, 0.717) is 67.2 Å². The Kier molecular flexibility index (Phi) is 11.7. The van der Waals surface area contributed by atoms with Gasteiger partial charge in [-0.1, -0.05) is 32.0 Å². The lowest BCUT2D eigenvalue weighted by Crippen LogP contribution is -2.52. The molecule has 0 radical (unpaired) electrons. The Morgan fingerprint density at radius 1 is 0.982 bits per heavy atom. The van der Waals surface area contributed by atoms with Gasteiger partial charge in [0, 0.05) is 81.4 Å². The molecule has 0 spiro atoms. The molecule has 6 rings (SSSR count). The molecule has 0 aromatic heterocycles. The Morgan fingerprint density at radius 3 is 2.36 bits per heavy atom. The minimum Gasteiger partial charge on any atom is -0.508 e. The van der Waals surface area contributed by atoms with Gasteiger partial charge in [-0.15, -0.1) is 0 Å². The van der Waals surface area contributed by atoms with Crippen molar-refractivity contribution in [3.63, 3.8) is 0 Å². The zero-order valence-electron chi connectivity index (χ0n) is 31.3. The summed E-state index contributed by atoms with van der Waals surface area (Å²) in [4.78, 5) is 81.9. The van der Waals surface area contributed by atoms with Crippen LogP contribution in [-0.2, 0) is 32.3 Å². The van der Waals surface area contributed by atoms with E-state index in [-0.39, 0.29) is 84.7 Å². The van der Waals surface area contributed by atoms with Crippen LogP contribution in [0.15, 0.2) is 54.6 Å². The SMILES string of the molecule is CC(C)c1cc(C(=N)N(C(N)=O)c2ccc(CN3CCN(C(=O)CCCC(=O)Nc4cccc5c4CN(C4CCC(=O)NC4=O)C5=O)CC3)cc2)c(O)cc1O. The number of carbonyl (C=O) groups excluding carboxylic acids is 6. The van der Waals surface area contributed by atoms with E-state index in [1.165, 1.54) is 11.0 Å². The number of amidine groups is 1. The molecule has 2 saturated heterocycles. The molecule has 3 aliphatic rings. The molecular formula is C40H46N8O8. The largest absolute Gasteiger partial charge is 0.508 e. The predicted octanol–water partition coefficient (Wildman–Crippen LogP) is 3.35. The second kappa shape index (κ2) is 16.6. The van der Waals surface area contributed by atoms with Gasteiger partial charge in [0.05, 0.1) is 11.3 Å². The number of anilines is 2. The van der Waals surface area contributed by atoms with Gasteiger partial charge in [0.2, 0.25) is 23.6 Å². The Hall–Kier alpha value is -6.29. The lowest BCUT2D eigenvalue weighted by Gasteiger charge is -2.35. The quantitative estimate of drug-likeness (QED) is 0.0954. The van der Waals surface area contributed by atoms with Crippen LogP contribution in [0.2, 0.25) is 0 Å². The normalized spacial score (nSPS) is 17.1. The highest BCUT2D eigenvalue weighted by molar-refractivity contribution is 6.22. The monoisotopic (exact) mass is 766 g/mol.